The fourth-order valence-corrected chi connectivity index (χ4v) is 1.46. The summed E-state index contributed by atoms with van der Waals surface area (Å²) >= 11 is 3.21. The second-order valence-corrected chi connectivity index (χ2v) is 3.85. The molecule has 0 radical (unpaired) electrons. The van der Waals surface area contributed by atoms with Gasteiger partial charge in [0.1, 0.15) is 17.6 Å². The molecule has 0 aliphatic heterocycles. The van der Waals surface area contributed by atoms with Gasteiger partial charge in [0.05, 0.1) is 4.47 Å². The number of hydrogen-bond donors (Lipinski definition) is 0. The molecule has 0 unspecified atom stereocenters. The van der Waals surface area contributed by atoms with E-state index in [1.165, 1.54) is 30.6 Å². The third-order valence-corrected chi connectivity index (χ3v) is 2.53. The molecule has 0 aliphatic rings. The van der Waals surface area contributed by atoms with Crippen LogP contribution in [0.15, 0.2) is 35.1 Å². The van der Waals surface area contributed by atoms with Crippen LogP contribution >= 0.6 is 15.9 Å². The van der Waals surface area contributed by atoms with Gasteiger partial charge in [-0.25, -0.2) is 14.4 Å². The van der Waals surface area contributed by atoms with Gasteiger partial charge in [0.25, 0.3) is 5.88 Å². The van der Waals surface area contributed by atoms with Crippen molar-refractivity contribution in [3.63, 3.8) is 0 Å². The van der Waals surface area contributed by atoms with Gasteiger partial charge in [-0.05, 0) is 28.1 Å². The molecule has 1 aromatic carbocycles. The minimum Gasteiger partial charge on any atom is -0.435 e. The average Bonchev–Trinajstić information content (AvgIpc) is 2.34. The fourth-order valence-electron chi connectivity index (χ4n) is 1.14. The standard InChI is InChI=1S/C11H5BrFN3O/c12-8-2-1-7(13)5-10(8)17-11-9(6-14)15-3-4-16-11/h1-5H. The molecule has 0 atom stereocenters. The number of nitriles is 1. The number of aromatic nitrogens is 2. The molecule has 6 heteroatoms. The zero-order valence-electron chi connectivity index (χ0n) is 8.39. The van der Waals surface area contributed by atoms with Crippen molar-refractivity contribution >= 4 is 15.9 Å². The first-order chi connectivity index (χ1) is 8.20. The van der Waals surface area contributed by atoms with E-state index in [1.54, 1.807) is 0 Å². The zero-order chi connectivity index (χ0) is 12.3. The Labute approximate surface area is 105 Å². The van der Waals surface area contributed by atoms with Crippen LogP contribution in [0.3, 0.4) is 0 Å². The minimum atomic E-state index is -0.439. The Morgan fingerprint density at radius 1 is 1.29 bits per heavy atom. The molecule has 4 nitrogen and oxygen atoms in total. The molecule has 2 aromatic rings. The summed E-state index contributed by atoms with van der Waals surface area (Å²) in [5.74, 6) is -0.158. The van der Waals surface area contributed by atoms with E-state index in [4.69, 9.17) is 10.00 Å². The molecule has 17 heavy (non-hydrogen) atoms. The highest BCUT2D eigenvalue weighted by molar-refractivity contribution is 9.10. The van der Waals surface area contributed by atoms with E-state index in [0.717, 1.165) is 0 Å². The van der Waals surface area contributed by atoms with Crippen LogP contribution in [0.1, 0.15) is 5.69 Å². The van der Waals surface area contributed by atoms with Crippen LogP contribution < -0.4 is 4.74 Å². The molecule has 0 N–H and O–H groups in total. The first-order valence-electron chi connectivity index (χ1n) is 4.54. The second kappa shape index (κ2) is 4.89. The quantitative estimate of drug-likeness (QED) is 0.854. The normalized spacial score (nSPS) is 9.71. The first-order valence-corrected chi connectivity index (χ1v) is 5.34. The van der Waals surface area contributed by atoms with Crippen molar-refractivity contribution in [2.75, 3.05) is 0 Å². The Balaban J connectivity index is 2.38. The maximum atomic E-state index is 13.0. The molecule has 0 spiro atoms. The number of hydrogen-bond acceptors (Lipinski definition) is 4. The van der Waals surface area contributed by atoms with E-state index >= 15 is 0 Å². The maximum absolute atomic E-state index is 13.0. The summed E-state index contributed by atoms with van der Waals surface area (Å²) in [6, 6.07) is 5.83. The Morgan fingerprint density at radius 2 is 2.06 bits per heavy atom. The van der Waals surface area contributed by atoms with E-state index in [2.05, 4.69) is 25.9 Å². The lowest BCUT2D eigenvalue weighted by atomic mass is 10.3. The summed E-state index contributed by atoms with van der Waals surface area (Å²) in [5.41, 5.74) is 0.0451. The van der Waals surface area contributed by atoms with Crippen molar-refractivity contribution < 1.29 is 9.13 Å². The van der Waals surface area contributed by atoms with Crippen molar-refractivity contribution in [1.29, 1.82) is 5.26 Å². The highest BCUT2D eigenvalue weighted by Crippen LogP contribution is 2.30. The third-order valence-electron chi connectivity index (χ3n) is 1.87. The summed E-state index contributed by atoms with van der Waals surface area (Å²) in [6.45, 7) is 0. The van der Waals surface area contributed by atoms with E-state index in [0.29, 0.717) is 4.47 Å². The largest absolute Gasteiger partial charge is 0.435 e. The number of nitrogens with zero attached hydrogens (tertiary/aromatic N) is 3. The molecular formula is C11H5BrFN3O. The van der Waals surface area contributed by atoms with Crippen LogP contribution in [0.2, 0.25) is 0 Å². The van der Waals surface area contributed by atoms with Crippen molar-refractivity contribution in [2.45, 2.75) is 0 Å². The van der Waals surface area contributed by atoms with Crippen LogP contribution in [0, 0.1) is 17.1 Å². The van der Waals surface area contributed by atoms with E-state index in [9.17, 15) is 4.39 Å². The van der Waals surface area contributed by atoms with E-state index in [-0.39, 0.29) is 17.3 Å². The Bertz CT molecular complexity index is 598. The smallest absolute Gasteiger partial charge is 0.256 e. The molecule has 0 bridgehead atoms. The number of rotatable bonds is 2. The molecule has 1 heterocycles. The van der Waals surface area contributed by atoms with Gasteiger partial charge in [-0.3, -0.25) is 0 Å². The fraction of sp³-hybridized carbons (Fsp3) is 0. The number of halogens is 2. The first kappa shape index (κ1) is 11.5. The van der Waals surface area contributed by atoms with Crippen molar-refractivity contribution in [3.05, 3.63) is 46.6 Å². The summed E-state index contributed by atoms with van der Waals surface area (Å²) in [6.07, 6.45) is 2.77. The monoisotopic (exact) mass is 293 g/mol. The average molecular weight is 294 g/mol. The minimum absolute atomic E-state index is 0.0429. The third kappa shape index (κ3) is 2.57. The van der Waals surface area contributed by atoms with Gasteiger partial charge >= 0.3 is 0 Å². The summed E-state index contributed by atoms with van der Waals surface area (Å²) in [4.78, 5) is 7.65. The van der Waals surface area contributed by atoms with E-state index < -0.39 is 5.82 Å². The van der Waals surface area contributed by atoms with Crippen LogP contribution in [-0.4, -0.2) is 9.97 Å². The molecule has 1 aromatic heterocycles. The topological polar surface area (TPSA) is 58.8 Å². The van der Waals surface area contributed by atoms with Gasteiger partial charge in [0.15, 0.2) is 0 Å². The van der Waals surface area contributed by atoms with Crippen LogP contribution in [-0.2, 0) is 0 Å². The number of ether oxygens (including phenoxy) is 1. The van der Waals surface area contributed by atoms with E-state index in [1.807, 2.05) is 6.07 Å². The lowest BCUT2D eigenvalue weighted by Crippen LogP contribution is -1.94. The molecule has 0 amide bonds. The predicted octanol–water partition coefficient (Wildman–Crippen LogP) is 3.04. The lowest BCUT2D eigenvalue weighted by molar-refractivity contribution is 0.450. The molecule has 0 saturated carbocycles. The van der Waals surface area contributed by atoms with Gasteiger partial charge in [-0.2, -0.15) is 5.26 Å². The molecule has 0 fully saturated rings. The molecular weight excluding hydrogens is 289 g/mol. The van der Waals surface area contributed by atoms with Gasteiger partial charge in [-0.1, -0.05) is 0 Å². The van der Waals surface area contributed by atoms with Crippen molar-refractivity contribution in [1.82, 2.24) is 9.97 Å². The van der Waals surface area contributed by atoms with Crippen LogP contribution in [0.4, 0.5) is 4.39 Å². The van der Waals surface area contributed by atoms with Gasteiger partial charge in [-0.15, -0.1) is 0 Å². The van der Waals surface area contributed by atoms with Crippen LogP contribution in [0.5, 0.6) is 11.6 Å². The van der Waals surface area contributed by atoms with Crippen LogP contribution in [0.25, 0.3) is 0 Å². The molecule has 0 saturated heterocycles. The molecule has 0 aliphatic carbocycles. The highest BCUT2D eigenvalue weighted by Gasteiger charge is 2.10. The second-order valence-electron chi connectivity index (χ2n) is 3.00. The lowest BCUT2D eigenvalue weighted by Gasteiger charge is -2.06. The van der Waals surface area contributed by atoms with Crippen molar-refractivity contribution in [3.8, 4) is 17.7 Å². The Morgan fingerprint density at radius 3 is 2.82 bits per heavy atom. The molecule has 2 rings (SSSR count). The van der Waals surface area contributed by atoms with Gasteiger partial charge < -0.3 is 4.74 Å². The Hall–Kier alpha value is -2.00. The SMILES string of the molecule is N#Cc1nccnc1Oc1cc(F)ccc1Br. The summed E-state index contributed by atoms with van der Waals surface area (Å²) in [7, 11) is 0. The highest BCUT2D eigenvalue weighted by atomic mass is 79.9. The number of benzene rings is 1. The van der Waals surface area contributed by atoms with Gasteiger partial charge in [0.2, 0.25) is 5.69 Å². The van der Waals surface area contributed by atoms with Crippen molar-refractivity contribution in [2.24, 2.45) is 0 Å². The summed E-state index contributed by atoms with van der Waals surface area (Å²) in [5, 5.41) is 8.80. The summed E-state index contributed by atoms with van der Waals surface area (Å²) < 4.78 is 18.9. The van der Waals surface area contributed by atoms with Gasteiger partial charge in [0, 0.05) is 18.5 Å². The zero-order valence-corrected chi connectivity index (χ0v) is 9.98. The predicted molar refractivity (Wildman–Crippen MR) is 60.9 cm³/mol. The Kier molecular flexibility index (Phi) is 3.30. The maximum Gasteiger partial charge on any atom is 0.256 e. The molecule has 84 valence electrons.